The minimum absolute atomic E-state index is 0.276. The van der Waals surface area contributed by atoms with E-state index >= 15 is 0 Å². The van der Waals surface area contributed by atoms with E-state index in [0.717, 1.165) is 18.9 Å². The number of nitrogens with one attached hydrogen (secondary N) is 1. The first-order chi connectivity index (χ1) is 13.0. The molecule has 3 heterocycles. The number of hydrogen-bond donors (Lipinski definition) is 1. The van der Waals surface area contributed by atoms with Crippen LogP contribution in [0.2, 0.25) is 0 Å². The Morgan fingerprint density at radius 3 is 2.70 bits per heavy atom. The van der Waals surface area contributed by atoms with E-state index in [0.29, 0.717) is 35.7 Å². The molecule has 3 aromatic rings. The van der Waals surface area contributed by atoms with Crippen molar-refractivity contribution in [2.75, 3.05) is 36.5 Å². The van der Waals surface area contributed by atoms with Crippen LogP contribution in [0.1, 0.15) is 16.1 Å². The van der Waals surface area contributed by atoms with E-state index in [1.165, 1.54) is 4.57 Å². The van der Waals surface area contributed by atoms with Gasteiger partial charge in [-0.15, -0.1) is 0 Å². The number of aromatic nitrogens is 2. The van der Waals surface area contributed by atoms with E-state index < -0.39 is 5.76 Å². The molecular formula is C19H20N4O4. The largest absolute Gasteiger partial charge is 0.419 e. The van der Waals surface area contributed by atoms with Crippen molar-refractivity contribution in [2.45, 2.75) is 6.92 Å². The fourth-order valence-corrected chi connectivity index (χ4v) is 3.17. The van der Waals surface area contributed by atoms with E-state index in [2.05, 4.69) is 15.2 Å². The molecule has 1 aliphatic rings. The molecule has 2 aromatic heterocycles. The normalized spacial score (nSPS) is 14.5. The molecule has 27 heavy (non-hydrogen) atoms. The van der Waals surface area contributed by atoms with Crippen LogP contribution in [0.3, 0.4) is 0 Å². The summed E-state index contributed by atoms with van der Waals surface area (Å²) in [4.78, 5) is 31.3. The summed E-state index contributed by atoms with van der Waals surface area (Å²) < 4.78 is 12.0. The fraction of sp³-hybridized carbons (Fsp3) is 0.316. The second-order valence-electron chi connectivity index (χ2n) is 6.44. The van der Waals surface area contributed by atoms with Crippen molar-refractivity contribution in [3.63, 3.8) is 0 Å². The number of aryl methyl sites for hydroxylation is 2. The molecule has 4 rings (SSSR count). The maximum atomic E-state index is 12.8. The van der Waals surface area contributed by atoms with Gasteiger partial charge < -0.3 is 19.4 Å². The number of amides is 1. The second kappa shape index (κ2) is 6.88. The number of benzene rings is 1. The number of oxazole rings is 1. The number of pyridine rings is 1. The van der Waals surface area contributed by atoms with Gasteiger partial charge in [0.25, 0.3) is 5.91 Å². The zero-order valence-corrected chi connectivity index (χ0v) is 15.2. The lowest BCUT2D eigenvalue weighted by Crippen LogP contribution is -2.36. The van der Waals surface area contributed by atoms with Gasteiger partial charge in [0.05, 0.1) is 35.7 Å². The zero-order valence-electron chi connectivity index (χ0n) is 15.2. The number of carbonyl (C=O) groups is 1. The number of carbonyl (C=O) groups excluding carboxylic acids is 1. The average Bonchev–Trinajstić information content (AvgIpc) is 2.98. The predicted molar refractivity (Wildman–Crippen MR) is 101 cm³/mol. The molecule has 140 valence electrons. The lowest BCUT2D eigenvalue weighted by Gasteiger charge is -2.28. The van der Waals surface area contributed by atoms with Gasteiger partial charge in [-0.1, -0.05) is 6.07 Å². The highest BCUT2D eigenvalue weighted by molar-refractivity contribution is 6.11. The summed E-state index contributed by atoms with van der Waals surface area (Å²) >= 11 is 0. The van der Waals surface area contributed by atoms with E-state index in [9.17, 15) is 9.59 Å². The number of morpholine rings is 1. The fourth-order valence-electron chi connectivity index (χ4n) is 3.17. The summed E-state index contributed by atoms with van der Waals surface area (Å²) in [5.74, 6) is 0.0156. The Bertz CT molecular complexity index is 1060. The first-order valence-electron chi connectivity index (χ1n) is 8.75. The lowest BCUT2D eigenvalue weighted by atomic mass is 10.1. The molecule has 8 nitrogen and oxygen atoms in total. The molecule has 0 aliphatic carbocycles. The molecule has 1 aromatic carbocycles. The third-order valence-electron chi connectivity index (χ3n) is 4.72. The van der Waals surface area contributed by atoms with Crippen molar-refractivity contribution in [1.29, 1.82) is 0 Å². The molecular weight excluding hydrogens is 348 g/mol. The number of para-hydroxylation sites is 1. The van der Waals surface area contributed by atoms with Crippen LogP contribution in [-0.2, 0) is 11.8 Å². The molecule has 0 atom stereocenters. The predicted octanol–water partition coefficient (Wildman–Crippen LogP) is 1.92. The zero-order chi connectivity index (χ0) is 19.0. The molecule has 1 amide bonds. The Hall–Kier alpha value is -3.13. The van der Waals surface area contributed by atoms with Crippen LogP contribution in [0, 0.1) is 6.92 Å². The van der Waals surface area contributed by atoms with Gasteiger partial charge in [-0.3, -0.25) is 9.36 Å². The Morgan fingerprint density at radius 2 is 1.96 bits per heavy atom. The quantitative estimate of drug-likeness (QED) is 0.760. The Kier molecular flexibility index (Phi) is 4.41. The highest BCUT2D eigenvalue weighted by Gasteiger charge is 2.18. The molecule has 0 spiro atoms. The topological polar surface area (TPSA) is 89.6 Å². The van der Waals surface area contributed by atoms with Gasteiger partial charge >= 0.3 is 5.76 Å². The number of hydrogen-bond acceptors (Lipinski definition) is 6. The molecule has 1 fully saturated rings. The number of ether oxygens (including phenoxy) is 1. The third kappa shape index (κ3) is 3.19. The SMILES string of the molecule is Cc1nc(N2CCOCC2)ccc1NC(=O)c1cccc2c1oc(=O)n2C. The Morgan fingerprint density at radius 1 is 1.19 bits per heavy atom. The monoisotopic (exact) mass is 368 g/mol. The van der Waals surface area contributed by atoms with E-state index in [-0.39, 0.29) is 11.5 Å². The maximum absolute atomic E-state index is 12.8. The first-order valence-corrected chi connectivity index (χ1v) is 8.75. The average molecular weight is 368 g/mol. The summed E-state index contributed by atoms with van der Waals surface area (Å²) in [6.45, 7) is 4.82. The molecule has 0 unspecified atom stereocenters. The molecule has 0 bridgehead atoms. The molecule has 1 saturated heterocycles. The van der Waals surface area contributed by atoms with Gasteiger partial charge in [0.2, 0.25) is 0 Å². The van der Waals surface area contributed by atoms with E-state index in [1.54, 1.807) is 25.2 Å². The number of rotatable bonds is 3. The third-order valence-corrected chi connectivity index (χ3v) is 4.72. The van der Waals surface area contributed by atoms with Crippen LogP contribution in [0.15, 0.2) is 39.5 Å². The van der Waals surface area contributed by atoms with Gasteiger partial charge in [0, 0.05) is 20.1 Å². The molecule has 1 N–H and O–H groups in total. The molecule has 8 heteroatoms. The highest BCUT2D eigenvalue weighted by Crippen LogP contribution is 2.22. The van der Waals surface area contributed by atoms with Crippen molar-refractivity contribution in [3.05, 3.63) is 52.1 Å². The molecule has 0 saturated carbocycles. The number of anilines is 2. The van der Waals surface area contributed by atoms with E-state index in [1.807, 2.05) is 19.1 Å². The second-order valence-corrected chi connectivity index (χ2v) is 6.44. The number of nitrogens with zero attached hydrogens (tertiary/aromatic N) is 3. The van der Waals surface area contributed by atoms with E-state index in [4.69, 9.17) is 9.15 Å². The van der Waals surface area contributed by atoms with Gasteiger partial charge in [0.15, 0.2) is 5.58 Å². The van der Waals surface area contributed by atoms with Crippen LogP contribution in [0.25, 0.3) is 11.1 Å². The summed E-state index contributed by atoms with van der Waals surface area (Å²) in [6.07, 6.45) is 0. The van der Waals surface area contributed by atoms with Crippen LogP contribution in [-0.4, -0.2) is 41.8 Å². The molecule has 0 radical (unpaired) electrons. The first kappa shape index (κ1) is 17.3. The smallest absolute Gasteiger partial charge is 0.407 e. The van der Waals surface area contributed by atoms with Gasteiger partial charge in [-0.25, -0.2) is 9.78 Å². The minimum atomic E-state index is -0.502. The van der Waals surface area contributed by atoms with Crippen molar-refractivity contribution in [2.24, 2.45) is 7.05 Å². The Balaban J connectivity index is 1.60. The van der Waals surface area contributed by atoms with Gasteiger partial charge in [-0.05, 0) is 31.2 Å². The summed E-state index contributed by atoms with van der Waals surface area (Å²) in [7, 11) is 1.61. The van der Waals surface area contributed by atoms with Crippen molar-refractivity contribution in [1.82, 2.24) is 9.55 Å². The summed E-state index contributed by atoms with van der Waals surface area (Å²) in [6, 6.07) is 8.81. The van der Waals surface area contributed by atoms with Crippen LogP contribution >= 0.6 is 0 Å². The summed E-state index contributed by atoms with van der Waals surface area (Å²) in [5, 5.41) is 2.86. The van der Waals surface area contributed by atoms with Crippen molar-refractivity contribution in [3.8, 4) is 0 Å². The van der Waals surface area contributed by atoms with Crippen molar-refractivity contribution < 1.29 is 13.9 Å². The van der Waals surface area contributed by atoms with Crippen LogP contribution in [0.5, 0.6) is 0 Å². The minimum Gasteiger partial charge on any atom is -0.407 e. The lowest BCUT2D eigenvalue weighted by molar-refractivity contribution is 0.102. The summed E-state index contributed by atoms with van der Waals surface area (Å²) in [5.41, 5.74) is 2.49. The van der Waals surface area contributed by atoms with Crippen LogP contribution < -0.4 is 16.0 Å². The van der Waals surface area contributed by atoms with Gasteiger partial charge in [-0.2, -0.15) is 0 Å². The standard InChI is InChI=1S/C19H20N4O4/c1-12-14(6-7-16(20-12)23-8-10-26-11-9-23)21-18(24)13-4-3-5-15-17(13)27-19(25)22(15)2/h3-7H,8-11H2,1-2H3,(H,21,24). The number of fused-ring (bicyclic) bond motifs is 1. The van der Waals surface area contributed by atoms with Gasteiger partial charge in [0.1, 0.15) is 5.82 Å². The molecule has 1 aliphatic heterocycles. The Labute approximate surface area is 155 Å². The highest BCUT2D eigenvalue weighted by atomic mass is 16.5. The van der Waals surface area contributed by atoms with Crippen molar-refractivity contribution >= 4 is 28.5 Å². The maximum Gasteiger partial charge on any atom is 0.419 e. The van der Waals surface area contributed by atoms with Crippen LogP contribution in [0.4, 0.5) is 11.5 Å².